The molecule has 0 saturated heterocycles. The van der Waals surface area contributed by atoms with Crippen LogP contribution in [0.25, 0.3) is 11.0 Å². The van der Waals surface area contributed by atoms with E-state index in [0.29, 0.717) is 10.9 Å². The third-order valence-corrected chi connectivity index (χ3v) is 2.48. The van der Waals surface area contributed by atoms with Crippen LogP contribution in [0.15, 0.2) is 28.9 Å². The average molecular weight is 195 g/mol. The SMILES string of the molecule is CC(C)c1cc(Cl)c2occc2c1. The fourth-order valence-electron chi connectivity index (χ4n) is 1.39. The summed E-state index contributed by atoms with van der Waals surface area (Å²) >= 11 is 6.05. The van der Waals surface area contributed by atoms with Crippen molar-refractivity contribution in [3.05, 3.63) is 35.0 Å². The number of hydrogen-bond donors (Lipinski definition) is 0. The van der Waals surface area contributed by atoms with Gasteiger partial charge in [-0.05, 0) is 29.7 Å². The van der Waals surface area contributed by atoms with Gasteiger partial charge >= 0.3 is 0 Å². The Morgan fingerprint density at radius 2 is 2.08 bits per heavy atom. The van der Waals surface area contributed by atoms with Gasteiger partial charge in [0.2, 0.25) is 0 Å². The third kappa shape index (κ3) is 1.44. The number of fused-ring (bicyclic) bond motifs is 1. The van der Waals surface area contributed by atoms with E-state index in [2.05, 4.69) is 19.9 Å². The molecule has 1 heterocycles. The normalized spacial score (nSPS) is 11.4. The van der Waals surface area contributed by atoms with Gasteiger partial charge in [0.15, 0.2) is 5.58 Å². The molecule has 0 amide bonds. The standard InChI is InChI=1S/C11H11ClO/c1-7(2)9-5-8-3-4-13-11(8)10(12)6-9/h3-7H,1-2H3. The number of benzene rings is 1. The fourth-order valence-corrected chi connectivity index (χ4v) is 1.67. The summed E-state index contributed by atoms with van der Waals surface area (Å²) in [5, 5.41) is 1.78. The molecule has 2 aromatic rings. The molecule has 0 radical (unpaired) electrons. The van der Waals surface area contributed by atoms with Crippen molar-refractivity contribution in [3.8, 4) is 0 Å². The van der Waals surface area contributed by atoms with Crippen LogP contribution in [0.3, 0.4) is 0 Å². The van der Waals surface area contributed by atoms with Crippen molar-refractivity contribution >= 4 is 22.6 Å². The Kier molecular flexibility index (Phi) is 2.04. The zero-order valence-corrected chi connectivity index (χ0v) is 8.43. The van der Waals surface area contributed by atoms with Gasteiger partial charge in [0.25, 0.3) is 0 Å². The Bertz CT molecular complexity index is 429. The summed E-state index contributed by atoms with van der Waals surface area (Å²) in [6, 6.07) is 6.03. The van der Waals surface area contributed by atoms with Crippen LogP contribution in [-0.2, 0) is 0 Å². The molecule has 0 aliphatic heterocycles. The van der Waals surface area contributed by atoms with Gasteiger partial charge < -0.3 is 4.42 Å². The summed E-state index contributed by atoms with van der Waals surface area (Å²) in [6.07, 6.45) is 1.67. The lowest BCUT2D eigenvalue weighted by Crippen LogP contribution is -1.86. The van der Waals surface area contributed by atoms with Crippen LogP contribution >= 0.6 is 11.6 Å². The van der Waals surface area contributed by atoms with Crippen LogP contribution in [0.5, 0.6) is 0 Å². The number of rotatable bonds is 1. The molecule has 1 aromatic carbocycles. The molecule has 0 unspecified atom stereocenters. The van der Waals surface area contributed by atoms with E-state index >= 15 is 0 Å². The van der Waals surface area contributed by atoms with Crippen LogP contribution in [0.1, 0.15) is 25.3 Å². The van der Waals surface area contributed by atoms with Crippen molar-refractivity contribution in [2.24, 2.45) is 0 Å². The van der Waals surface area contributed by atoms with Gasteiger partial charge in [-0.2, -0.15) is 0 Å². The minimum Gasteiger partial charge on any atom is -0.463 e. The number of halogens is 1. The lowest BCUT2D eigenvalue weighted by molar-refractivity contribution is 0.616. The quantitative estimate of drug-likeness (QED) is 0.663. The fraction of sp³-hybridized carbons (Fsp3) is 0.273. The topological polar surface area (TPSA) is 13.1 Å². The summed E-state index contributed by atoms with van der Waals surface area (Å²) in [5.41, 5.74) is 2.03. The minimum atomic E-state index is 0.497. The molecule has 0 spiro atoms. The van der Waals surface area contributed by atoms with Gasteiger partial charge in [-0.25, -0.2) is 0 Å². The highest BCUT2D eigenvalue weighted by molar-refractivity contribution is 6.34. The van der Waals surface area contributed by atoms with Gasteiger partial charge in [0, 0.05) is 5.39 Å². The second kappa shape index (κ2) is 3.08. The number of hydrogen-bond acceptors (Lipinski definition) is 1. The molecule has 0 aliphatic rings. The molecule has 0 aliphatic carbocycles. The molecule has 1 nitrogen and oxygen atoms in total. The molecular weight excluding hydrogens is 184 g/mol. The highest BCUT2D eigenvalue weighted by atomic mass is 35.5. The monoisotopic (exact) mass is 194 g/mol. The maximum atomic E-state index is 6.05. The van der Waals surface area contributed by atoms with E-state index in [9.17, 15) is 0 Å². The van der Waals surface area contributed by atoms with E-state index in [1.807, 2.05) is 12.1 Å². The van der Waals surface area contributed by atoms with Crippen molar-refractivity contribution in [2.75, 3.05) is 0 Å². The molecule has 13 heavy (non-hydrogen) atoms. The van der Waals surface area contributed by atoms with Gasteiger partial charge in [-0.15, -0.1) is 0 Å². The predicted molar refractivity (Wildman–Crippen MR) is 55.3 cm³/mol. The van der Waals surface area contributed by atoms with Crippen molar-refractivity contribution in [1.29, 1.82) is 0 Å². The molecule has 68 valence electrons. The first-order valence-corrected chi connectivity index (χ1v) is 4.73. The zero-order valence-electron chi connectivity index (χ0n) is 7.67. The molecule has 0 bridgehead atoms. The molecule has 2 heteroatoms. The Morgan fingerprint density at radius 1 is 1.31 bits per heavy atom. The second-order valence-corrected chi connectivity index (χ2v) is 3.90. The molecule has 1 aromatic heterocycles. The first-order chi connectivity index (χ1) is 6.18. The summed E-state index contributed by atoms with van der Waals surface area (Å²) in [5.74, 6) is 0.497. The van der Waals surface area contributed by atoms with Crippen molar-refractivity contribution in [3.63, 3.8) is 0 Å². The highest BCUT2D eigenvalue weighted by Gasteiger charge is 2.06. The van der Waals surface area contributed by atoms with Gasteiger partial charge in [0.1, 0.15) is 0 Å². The lowest BCUT2D eigenvalue weighted by atomic mass is 10.0. The predicted octanol–water partition coefficient (Wildman–Crippen LogP) is 4.21. The van der Waals surface area contributed by atoms with Crippen LogP contribution < -0.4 is 0 Å². The molecule has 0 fully saturated rings. The molecular formula is C11H11ClO. The number of furan rings is 1. The van der Waals surface area contributed by atoms with Crippen molar-refractivity contribution < 1.29 is 4.42 Å². The van der Waals surface area contributed by atoms with Gasteiger partial charge in [-0.3, -0.25) is 0 Å². The maximum absolute atomic E-state index is 6.05. The largest absolute Gasteiger partial charge is 0.463 e. The first kappa shape index (κ1) is 8.64. The summed E-state index contributed by atoms with van der Waals surface area (Å²) < 4.78 is 5.25. The second-order valence-electron chi connectivity index (χ2n) is 3.50. The van der Waals surface area contributed by atoms with Crippen LogP contribution in [0.2, 0.25) is 5.02 Å². The molecule has 0 saturated carbocycles. The zero-order chi connectivity index (χ0) is 9.42. The molecule has 2 rings (SSSR count). The summed E-state index contributed by atoms with van der Waals surface area (Å²) in [7, 11) is 0. The van der Waals surface area contributed by atoms with E-state index in [1.54, 1.807) is 6.26 Å². The molecule has 0 atom stereocenters. The highest BCUT2D eigenvalue weighted by Crippen LogP contribution is 2.29. The van der Waals surface area contributed by atoms with Crippen LogP contribution in [0, 0.1) is 0 Å². The summed E-state index contributed by atoms with van der Waals surface area (Å²) in [4.78, 5) is 0. The van der Waals surface area contributed by atoms with Gasteiger partial charge in [-0.1, -0.05) is 25.4 Å². The van der Waals surface area contributed by atoms with Crippen LogP contribution in [-0.4, -0.2) is 0 Å². The third-order valence-electron chi connectivity index (χ3n) is 2.19. The van der Waals surface area contributed by atoms with Crippen molar-refractivity contribution in [2.45, 2.75) is 19.8 Å². The van der Waals surface area contributed by atoms with Gasteiger partial charge in [0.05, 0.1) is 11.3 Å². The van der Waals surface area contributed by atoms with E-state index in [1.165, 1.54) is 5.56 Å². The molecule has 0 N–H and O–H groups in total. The van der Waals surface area contributed by atoms with E-state index in [0.717, 1.165) is 11.0 Å². The maximum Gasteiger partial charge on any atom is 0.152 e. The van der Waals surface area contributed by atoms with Crippen molar-refractivity contribution in [1.82, 2.24) is 0 Å². The average Bonchev–Trinajstić information content (AvgIpc) is 2.51. The lowest BCUT2D eigenvalue weighted by Gasteiger charge is -2.05. The Balaban J connectivity index is 2.70. The van der Waals surface area contributed by atoms with Crippen LogP contribution in [0.4, 0.5) is 0 Å². The smallest absolute Gasteiger partial charge is 0.152 e. The van der Waals surface area contributed by atoms with E-state index in [4.69, 9.17) is 16.0 Å². The Morgan fingerprint density at radius 3 is 2.77 bits per heavy atom. The van der Waals surface area contributed by atoms with E-state index in [-0.39, 0.29) is 0 Å². The Labute approximate surface area is 82.3 Å². The first-order valence-electron chi connectivity index (χ1n) is 4.35. The minimum absolute atomic E-state index is 0.497. The van der Waals surface area contributed by atoms with E-state index < -0.39 is 0 Å². The summed E-state index contributed by atoms with van der Waals surface area (Å²) in [6.45, 7) is 4.30. The Hall–Kier alpha value is -0.950.